The molecule has 1 aromatic carbocycles. The Morgan fingerprint density at radius 2 is 2.21 bits per heavy atom. The largest absolute Gasteiger partial charge is 0.384 e. The van der Waals surface area contributed by atoms with Gasteiger partial charge in [0.05, 0.1) is 17.4 Å². The van der Waals surface area contributed by atoms with Crippen LogP contribution < -0.4 is 10.5 Å². The number of nitrogen functional groups attached to an aromatic ring is 1. The Kier molecular flexibility index (Phi) is 3.21. The molecule has 0 radical (unpaired) electrons. The van der Waals surface area contributed by atoms with Crippen LogP contribution in [-0.4, -0.2) is 24.5 Å². The van der Waals surface area contributed by atoms with Crippen molar-refractivity contribution >= 4 is 21.5 Å². The van der Waals surface area contributed by atoms with Crippen molar-refractivity contribution in [3.8, 4) is 0 Å². The van der Waals surface area contributed by atoms with E-state index >= 15 is 0 Å². The maximum absolute atomic E-state index is 13.5. The van der Waals surface area contributed by atoms with Gasteiger partial charge in [0.1, 0.15) is 16.5 Å². The summed E-state index contributed by atoms with van der Waals surface area (Å²) in [5.74, 6) is -1.34. The molecule has 0 unspecified atom stereocenters. The smallest absolute Gasteiger partial charge is 0.265 e. The molecule has 1 heterocycles. The van der Waals surface area contributed by atoms with Crippen molar-refractivity contribution in [1.29, 1.82) is 5.41 Å². The summed E-state index contributed by atoms with van der Waals surface area (Å²) in [5, 5.41) is 13.2. The van der Waals surface area contributed by atoms with Gasteiger partial charge in [-0.2, -0.15) is 5.10 Å². The van der Waals surface area contributed by atoms with Gasteiger partial charge in [-0.05, 0) is 12.1 Å². The van der Waals surface area contributed by atoms with Crippen LogP contribution in [0.1, 0.15) is 5.56 Å². The number of H-pyrrole nitrogens is 1. The lowest BCUT2D eigenvalue weighted by Gasteiger charge is -2.11. The van der Waals surface area contributed by atoms with Gasteiger partial charge in [-0.3, -0.25) is 15.2 Å². The van der Waals surface area contributed by atoms with Crippen molar-refractivity contribution in [2.45, 2.75) is 4.90 Å². The highest BCUT2D eigenvalue weighted by Gasteiger charge is 2.19. The molecule has 0 saturated carbocycles. The van der Waals surface area contributed by atoms with E-state index in [1.54, 1.807) is 0 Å². The Morgan fingerprint density at radius 1 is 1.47 bits per heavy atom. The average Bonchev–Trinajstić information content (AvgIpc) is 2.81. The van der Waals surface area contributed by atoms with Gasteiger partial charge in [-0.1, -0.05) is 6.07 Å². The molecule has 0 saturated heterocycles. The first-order chi connectivity index (χ1) is 8.92. The lowest BCUT2D eigenvalue weighted by Crippen LogP contribution is -2.19. The van der Waals surface area contributed by atoms with Crippen LogP contribution in [-0.2, 0) is 10.0 Å². The second-order valence-corrected chi connectivity index (χ2v) is 5.30. The highest BCUT2D eigenvalue weighted by molar-refractivity contribution is 7.92. The molecule has 0 bridgehead atoms. The molecule has 0 atom stereocenters. The van der Waals surface area contributed by atoms with Crippen LogP contribution >= 0.6 is 0 Å². The molecule has 0 amide bonds. The minimum Gasteiger partial charge on any atom is -0.384 e. The first-order valence-corrected chi connectivity index (χ1v) is 6.54. The van der Waals surface area contributed by atoms with E-state index in [1.165, 1.54) is 18.3 Å². The molecule has 1 aromatic heterocycles. The summed E-state index contributed by atoms with van der Waals surface area (Å²) in [4.78, 5) is -0.105. The Morgan fingerprint density at radius 3 is 2.79 bits per heavy atom. The van der Waals surface area contributed by atoms with Crippen LogP contribution in [0, 0.1) is 11.2 Å². The molecule has 5 N–H and O–H groups in total. The van der Waals surface area contributed by atoms with Gasteiger partial charge >= 0.3 is 0 Å². The summed E-state index contributed by atoms with van der Waals surface area (Å²) >= 11 is 0. The van der Waals surface area contributed by atoms with E-state index in [0.29, 0.717) is 0 Å². The number of nitrogens with two attached hydrogens (primary N) is 1. The molecule has 9 heteroatoms. The third-order valence-corrected chi connectivity index (χ3v) is 3.64. The number of halogens is 1. The number of hydrogen-bond donors (Lipinski definition) is 4. The molecule has 19 heavy (non-hydrogen) atoms. The maximum Gasteiger partial charge on any atom is 0.265 e. The van der Waals surface area contributed by atoms with Gasteiger partial charge in [-0.25, -0.2) is 12.8 Å². The average molecular weight is 283 g/mol. The van der Waals surface area contributed by atoms with E-state index in [-0.39, 0.29) is 16.1 Å². The maximum atomic E-state index is 13.5. The Bertz CT molecular complexity index is 712. The number of rotatable bonds is 4. The number of amidine groups is 1. The quantitative estimate of drug-likeness (QED) is 0.485. The Balaban J connectivity index is 2.45. The summed E-state index contributed by atoms with van der Waals surface area (Å²) < 4.78 is 39.6. The summed E-state index contributed by atoms with van der Waals surface area (Å²) in [5.41, 5.74) is 4.84. The third kappa shape index (κ3) is 2.55. The van der Waals surface area contributed by atoms with Gasteiger partial charge in [0.2, 0.25) is 0 Å². The first kappa shape index (κ1) is 13.0. The normalized spacial score (nSPS) is 11.2. The van der Waals surface area contributed by atoms with E-state index in [4.69, 9.17) is 11.1 Å². The number of sulfonamides is 1. The summed E-state index contributed by atoms with van der Waals surface area (Å²) in [6, 6.07) is 3.72. The van der Waals surface area contributed by atoms with E-state index in [0.717, 1.165) is 12.3 Å². The predicted octanol–water partition coefficient (Wildman–Crippen LogP) is 0.634. The fourth-order valence-electron chi connectivity index (χ4n) is 1.47. The molecule has 2 rings (SSSR count). The highest BCUT2D eigenvalue weighted by Crippen LogP contribution is 2.21. The number of hydrogen-bond acceptors (Lipinski definition) is 4. The molecular weight excluding hydrogens is 273 g/mol. The zero-order chi connectivity index (χ0) is 14.0. The van der Waals surface area contributed by atoms with Crippen molar-refractivity contribution in [2.75, 3.05) is 4.72 Å². The van der Waals surface area contributed by atoms with Crippen LogP contribution in [0.5, 0.6) is 0 Å². The minimum atomic E-state index is -3.91. The minimum absolute atomic E-state index is 0.103. The van der Waals surface area contributed by atoms with Gasteiger partial charge < -0.3 is 5.73 Å². The van der Waals surface area contributed by atoms with Gasteiger partial charge in [0.15, 0.2) is 0 Å². The molecule has 0 aliphatic heterocycles. The van der Waals surface area contributed by atoms with Crippen LogP contribution in [0.3, 0.4) is 0 Å². The Hall–Kier alpha value is -2.42. The van der Waals surface area contributed by atoms with Crippen LogP contribution in [0.4, 0.5) is 10.1 Å². The van der Waals surface area contributed by atoms with E-state index < -0.39 is 21.7 Å². The highest BCUT2D eigenvalue weighted by atomic mass is 32.2. The summed E-state index contributed by atoms with van der Waals surface area (Å²) in [6.07, 6.45) is 2.28. The monoisotopic (exact) mass is 283 g/mol. The molecule has 7 nitrogen and oxygen atoms in total. The second kappa shape index (κ2) is 4.69. The molecule has 0 aliphatic carbocycles. The van der Waals surface area contributed by atoms with Gasteiger partial charge in [-0.15, -0.1) is 0 Å². The standard InChI is InChI=1S/C10H10FN5O2S/c11-7-2-1-3-8(9(7)10(12)13)16-19(17,18)6-4-14-15-5-6/h1-5,16H,(H3,12,13)(H,14,15). The van der Waals surface area contributed by atoms with E-state index in [9.17, 15) is 12.8 Å². The van der Waals surface area contributed by atoms with Gasteiger partial charge in [0, 0.05) is 6.20 Å². The number of benzene rings is 1. The van der Waals surface area contributed by atoms with E-state index in [1.807, 2.05) is 0 Å². The van der Waals surface area contributed by atoms with Gasteiger partial charge in [0.25, 0.3) is 10.0 Å². The lowest BCUT2D eigenvalue weighted by molar-refractivity contribution is 0.601. The zero-order valence-electron chi connectivity index (χ0n) is 9.51. The number of aromatic nitrogens is 2. The molecular formula is C10H10FN5O2S. The fourth-order valence-corrected chi connectivity index (χ4v) is 2.45. The topological polar surface area (TPSA) is 125 Å². The SMILES string of the molecule is N=C(N)c1c(F)cccc1NS(=O)(=O)c1cn[nH]c1. The number of nitrogens with zero attached hydrogens (tertiary/aromatic N) is 1. The number of nitrogens with one attached hydrogen (secondary N) is 3. The van der Waals surface area contributed by atoms with Crippen LogP contribution in [0.2, 0.25) is 0 Å². The van der Waals surface area contributed by atoms with Crippen LogP contribution in [0.15, 0.2) is 35.5 Å². The lowest BCUT2D eigenvalue weighted by atomic mass is 10.1. The van der Waals surface area contributed by atoms with Crippen LogP contribution in [0.25, 0.3) is 0 Å². The molecule has 0 fully saturated rings. The fraction of sp³-hybridized carbons (Fsp3) is 0. The van der Waals surface area contributed by atoms with Crippen molar-refractivity contribution in [1.82, 2.24) is 10.2 Å². The predicted molar refractivity (Wildman–Crippen MR) is 66.8 cm³/mol. The number of anilines is 1. The summed E-state index contributed by atoms with van der Waals surface area (Å²) in [7, 11) is -3.91. The molecule has 0 aliphatic rings. The zero-order valence-corrected chi connectivity index (χ0v) is 10.3. The third-order valence-electron chi connectivity index (χ3n) is 2.31. The Labute approximate surface area is 108 Å². The molecule has 2 aromatic rings. The number of aromatic amines is 1. The van der Waals surface area contributed by atoms with Crippen molar-refractivity contribution in [3.63, 3.8) is 0 Å². The molecule has 0 spiro atoms. The van der Waals surface area contributed by atoms with Crippen molar-refractivity contribution < 1.29 is 12.8 Å². The van der Waals surface area contributed by atoms with Crippen molar-refractivity contribution in [3.05, 3.63) is 42.0 Å². The van der Waals surface area contributed by atoms with Crippen molar-refractivity contribution in [2.24, 2.45) is 5.73 Å². The molecule has 100 valence electrons. The summed E-state index contributed by atoms with van der Waals surface area (Å²) in [6.45, 7) is 0. The van der Waals surface area contributed by atoms with E-state index in [2.05, 4.69) is 14.9 Å². The first-order valence-electron chi connectivity index (χ1n) is 5.06. The second-order valence-electron chi connectivity index (χ2n) is 3.62.